The van der Waals surface area contributed by atoms with Crippen molar-refractivity contribution >= 4 is 30.9 Å². The molecule has 1 heterocycles. The molecule has 0 bridgehead atoms. The minimum absolute atomic E-state index is 0. The van der Waals surface area contributed by atoms with Crippen LogP contribution in [0.1, 0.15) is 32.4 Å². The number of ether oxygens (including phenoxy) is 1. The van der Waals surface area contributed by atoms with Crippen molar-refractivity contribution in [1.82, 2.24) is 10.3 Å². The molecule has 0 aliphatic heterocycles. The summed E-state index contributed by atoms with van der Waals surface area (Å²) in [6.07, 6.45) is 2.15. The number of nitrogens with one attached hydrogen (secondary N) is 1. The number of hydrogen-bond acceptors (Lipinski definition) is 4. The van der Waals surface area contributed by atoms with Crippen LogP contribution < -0.4 is 5.32 Å². The summed E-state index contributed by atoms with van der Waals surface area (Å²) in [5, 5.41) is 11.4. The van der Waals surface area contributed by atoms with Gasteiger partial charge in [0.05, 0.1) is 0 Å². The maximum atomic E-state index is 11.5. The molecular formula is C12H16LiN2O4. The second-order valence-electron chi connectivity index (χ2n) is 4.70. The van der Waals surface area contributed by atoms with Gasteiger partial charge in [0.2, 0.25) is 0 Å². The third-order valence-corrected chi connectivity index (χ3v) is 1.95. The van der Waals surface area contributed by atoms with E-state index in [0.29, 0.717) is 5.56 Å². The predicted octanol–water partition coefficient (Wildman–Crippen LogP) is 1.35. The molecule has 0 fully saturated rings. The Kier molecular flexibility index (Phi) is 6.60. The molecule has 1 atom stereocenters. The first-order chi connectivity index (χ1) is 8.29. The van der Waals surface area contributed by atoms with Crippen molar-refractivity contribution < 1.29 is 19.4 Å². The monoisotopic (exact) mass is 259 g/mol. The van der Waals surface area contributed by atoms with Gasteiger partial charge in [0.25, 0.3) is 0 Å². The fourth-order valence-corrected chi connectivity index (χ4v) is 1.27. The van der Waals surface area contributed by atoms with Gasteiger partial charge in [-0.25, -0.2) is 9.59 Å². The fraction of sp³-hybridized carbons (Fsp3) is 0.417. The average Bonchev–Trinajstić information content (AvgIpc) is 2.24. The quantitative estimate of drug-likeness (QED) is 0.800. The molecule has 19 heavy (non-hydrogen) atoms. The van der Waals surface area contributed by atoms with Gasteiger partial charge in [-0.3, -0.25) is 4.98 Å². The zero-order chi connectivity index (χ0) is 13.8. The van der Waals surface area contributed by atoms with Gasteiger partial charge in [0, 0.05) is 31.3 Å². The normalized spacial score (nSPS) is 11.9. The number of amides is 1. The molecule has 6 nitrogen and oxygen atoms in total. The molecule has 0 saturated heterocycles. The summed E-state index contributed by atoms with van der Waals surface area (Å²) < 4.78 is 5.01. The Bertz CT molecular complexity index is 431. The molecule has 1 unspecified atom stereocenters. The molecule has 0 spiro atoms. The van der Waals surface area contributed by atoms with Crippen LogP contribution in [0.3, 0.4) is 0 Å². The van der Waals surface area contributed by atoms with Crippen LogP contribution in [-0.2, 0) is 9.53 Å². The van der Waals surface area contributed by atoms with E-state index in [4.69, 9.17) is 9.84 Å². The van der Waals surface area contributed by atoms with E-state index in [2.05, 4.69) is 10.3 Å². The Hall–Kier alpha value is -1.51. The minimum Gasteiger partial charge on any atom is -0.479 e. The zero-order valence-electron chi connectivity index (χ0n) is 11.5. The van der Waals surface area contributed by atoms with E-state index in [-0.39, 0.29) is 18.9 Å². The number of carboxylic acids is 1. The van der Waals surface area contributed by atoms with E-state index in [1.807, 2.05) is 0 Å². The molecule has 1 radical (unpaired) electrons. The van der Waals surface area contributed by atoms with Gasteiger partial charge in [0.15, 0.2) is 6.04 Å². The first kappa shape index (κ1) is 17.5. The van der Waals surface area contributed by atoms with Crippen LogP contribution in [0.25, 0.3) is 0 Å². The smallest absolute Gasteiger partial charge is 0.408 e. The van der Waals surface area contributed by atoms with Gasteiger partial charge in [-0.1, -0.05) is 0 Å². The molecule has 0 aliphatic rings. The number of alkyl carbamates (subject to hydrolysis) is 1. The van der Waals surface area contributed by atoms with E-state index >= 15 is 0 Å². The predicted molar refractivity (Wildman–Crippen MR) is 69.7 cm³/mol. The molecule has 0 saturated carbocycles. The average molecular weight is 259 g/mol. The zero-order valence-corrected chi connectivity index (χ0v) is 11.5. The van der Waals surface area contributed by atoms with Crippen LogP contribution in [0.2, 0.25) is 0 Å². The number of nitrogens with zero attached hydrogens (tertiary/aromatic N) is 1. The van der Waals surface area contributed by atoms with E-state index in [1.54, 1.807) is 20.8 Å². The number of aromatic nitrogens is 1. The summed E-state index contributed by atoms with van der Waals surface area (Å²) in [7, 11) is 0. The molecular weight excluding hydrogens is 243 g/mol. The van der Waals surface area contributed by atoms with Crippen molar-refractivity contribution in [2.45, 2.75) is 32.4 Å². The molecule has 0 aromatic carbocycles. The van der Waals surface area contributed by atoms with Crippen LogP contribution in [0.4, 0.5) is 4.79 Å². The second kappa shape index (κ2) is 7.17. The number of rotatable bonds is 3. The van der Waals surface area contributed by atoms with Gasteiger partial charge in [0.1, 0.15) is 5.60 Å². The largest absolute Gasteiger partial charge is 0.479 e. The Balaban J connectivity index is 0.00000324. The number of carboxylic acid groups (broad SMARTS) is 1. The number of carbonyl (C=O) groups is 2. The van der Waals surface area contributed by atoms with Crippen LogP contribution in [0, 0.1) is 0 Å². The first-order valence-corrected chi connectivity index (χ1v) is 5.42. The third-order valence-electron chi connectivity index (χ3n) is 1.95. The first-order valence-electron chi connectivity index (χ1n) is 5.42. The minimum atomic E-state index is -1.16. The summed E-state index contributed by atoms with van der Waals surface area (Å²) >= 11 is 0. The summed E-state index contributed by atoms with van der Waals surface area (Å²) in [6.45, 7) is 5.11. The van der Waals surface area contributed by atoms with E-state index < -0.39 is 23.7 Å². The second-order valence-corrected chi connectivity index (χ2v) is 4.70. The van der Waals surface area contributed by atoms with Crippen molar-refractivity contribution in [2.24, 2.45) is 0 Å². The van der Waals surface area contributed by atoms with Crippen molar-refractivity contribution in [1.29, 1.82) is 0 Å². The van der Waals surface area contributed by atoms with Crippen LogP contribution >= 0.6 is 0 Å². The topological polar surface area (TPSA) is 88.5 Å². The summed E-state index contributed by atoms with van der Waals surface area (Å²) in [5.74, 6) is -1.16. The third kappa shape index (κ3) is 6.27. The van der Waals surface area contributed by atoms with Crippen molar-refractivity contribution in [3.63, 3.8) is 0 Å². The fourth-order valence-electron chi connectivity index (χ4n) is 1.27. The number of aliphatic carboxylic acids is 1. The molecule has 7 heteroatoms. The van der Waals surface area contributed by atoms with Gasteiger partial charge in [-0.15, -0.1) is 0 Å². The van der Waals surface area contributed by atoms with Crippen LogP contribution in [0.15, 0.2) is 24.5 Å². The molecule has 1 aromatic rings. The molecule has 0 aliphatic carbocycles. The maximum absolute atomic E-state index is 11.5. The van der Waals surface area contributed by atoms with Gasteiger partial charge < -0.3 is 15.2 Å². The Morgan fingerprint density at radius 2 is 1.84 bits per heavy atom. The van der Waals surface area contributed by atoms with Crippen molar-refractivity contribution in [2.75, 3.05) is 0 Å². The van der Waals surface area contributed by atoms with E-state index in [1.165, 1.54) is 24.5 Å². The molecule has 1 amide bonds. The molecule has 99 valence electrons. The Morgan fingerprint density at radius 3 is 2.26 bits per heavy atom. The van der Waals surface area contributed by atoms with Crippen LogP contribution in [0.5, 0.6) is 0 Å². The number of carbonyl (C=O) groups excluding carboxylic acids is 1. The Morgan fingerprint density at radius 1 is 1.32 bits per heavy atom. The molecule has 1 rings (SSSR count). The summed E-state index contributed by atoms with van der Waals surface area (Å²) in [5.41, 5.74) is -0.242. The SMILES string of the molecule is CC(C)(C)OC(=O)NC(C(=O)O)c1ccncc1.[Li]. The van der Waals surface area contributed by atoms with Gasteiger partial charge in [-0.05, 0) is 38.5 Å². The maximum Gasteiger partial charge on any atom is 0.408 e. The summed E-state index contributed by atoms with van der Waals surface area (Å²) in [4.78, 5) is 26.4. The van der Waals surface area contributed by atoms with Gasteiger partial charge >= 0.3 is 12.1 Å². The Labute approximate surface area is 123 Å². The number of pyridine rings is 1. The van der Waals surface area contributed by atoms with Gasteiger partial charge in [-0.2, -0.15) is 0 Å². The van der Waals surface area contributed by atoms with Crippen molar-refractivity contribution in [3.05, 3.63) is 30.1 Å². The standard InChI is InChI=1S/C12H16N2O4.Li/c1-12(2,3)18-11(17)14-9(10(15)16)8-4-6-13-7-5-8;/h4-7,9H,1-3H3,(H,14,17)(H,15,16);. The van der Waals surface area contributed by atoms with Crippen molar-refractivity contribution in [3.8, 4) is 0 Å². The van der Waals surface area contributed by atoms with E-state index in [9.17, 15) is 9.59 Å². The molecule has 2 N–H and O–H groups in total. The van der Waals surface area contributed by atoms with E-state index in [0.717, 1.165) is 0 Å². The summed E-state index contributed by atoms with van der Waals surface area (Å²) in [6, 6.07) is 1.90. The number of hydrogen-bond donors (Lipinski definition) is 2. The molecule has 1 aromatic heterocycles. The van der Waals surface area contributed by atoms with Crippen LogP contribution in [-0.4, -0.2) is 46.6 Å².